The number of aromatic nitrogens is 1. The fraction of sp³-hybridized carbons (Fsp3) is 0.360. The molecule has 2 aromatic carbocycles. The molecular weight excluding hydrogens is 374 g/mol. The number of morpholine rings is 1. The average Bonchev–Trinajstić information content (AvgIpc) is 3.61. The SMILES string of the molecule is [2H]C1c2ccc(-c3cccc4cc(C(=O)N5CCOCC5)cnc34)cc2C2(CC2)N1C. The van der Waals surface area contributed by atoms with E-state index in [1.54, 1.807) is 6.20 Å². The highest BCUT2D eigenvalue weighted by atomic mass is 16.5. The van der Waals surface area contributed by atoms with Crippen molar-refractivity contribution in [3.63, 3.8) is 0 Å². The van der Waals surface area contributed by atoms with Crippen molar-refractivity contribution in [2.24, 2.45) is 0 Å². The van der Waals surface area contributed by atoms with Crippen molar-refractivity contribution in [2.45, 2.75) is 24.9 Å². The van der Waals surface area contributed by atoms with E-state index in [4.69, 9.17) is 11.1 Å². The molecule has 1 unspecified atom stereocenters. The Morgan fingerprint density at radius 1 is 1.17 bits per heavy atom. The van der Waals surface area contributed by atoms with E-state index >= 15 is 0 Å². The summed E-state index contributed by atoms with van der Waals surface area (Å²) >= 11 is 0. The number of para-hydroxylation sites is 1. The summed E-state index contributed by atoms with van der Waals surface area (Å²) in [6.07, 6.45) is 3.94. The van der Waals surface area contributed by atoms with E-state index < -0.39 is 0 Å². The van der Waals surface area contributed by atoms with Gasteiger partial charge in [-0.3, -0.25) is 14.7 Å². The van der Waals surface area contributed by atoms with Crippen molar-refractivity contribution < 1.29 is 10.9 Å². The zero-order chi connectivity index (χ0) is 21.2. The van der Waals surface area contributed by atoms with Gasteiger partial charge >= 0.3 is 0 Å². The lowest BCUT2D eigenvalue weighted by molar-refractivity contribution is 0.0303. The third kappa shape index (κ3) is 2.69. The van der Waals surface area contributed by atoms with Crippen molar-refractivity contribution >= 4 is 16.8 Å². The quantitative estimate of drug-likeness (QED) is 0.656. The summed E-state index contributed by atoms with van der Waals surface area (Å²) in [6, 6.07) is 14.6. The van der Waals surface area contributed by atoms with E-state index in [0.717, 1.165) is 40.4 Å². The molecule has 1 aliphatic carbocycles. The second-order valence-electron chi connectivity index (χ2n) is 8.58. The van der Waals surface area contributed by atoms with Gasteiger partial charge in [-0.1, -0.05) is 30.3 Å². The fourth-order valence-corrected chi connectivity index (χ4v) is 4.96. The maximum atomic E-state index is 12.9. The number of hydrogen-bond donors (Lipinski definition) is 0. The molecule has 1 spiro atoms. The molecule has 2 fully saturated rings. The Hall–Kier alpha value is -2.76. The van der Waals surface area contributed by atoms with Gasteiger partial charge in [-0.25, -0.2) is 0 Å². The molecule has 3 heterocycles. The largest absolute Gasteiger partial charge is 0.378 e. The van der Waals surface area contributed by atoms with Crippen LogP contribution in [0.5, 0.6) is 0 Å². The van der Waals surface area contributed by atoms with Crippen molar-refractivity contribution in [1.82, 2.24) is 14.8 Å². The highest BCUT2D eigenvalue weighted by Crippen LogP contribution is 2.56. The molecule has 2 aliphatic heterocycles. The summed E-state index contributed by atoms with van der Waals surface area (Å²) in [4.78, 5) is 21.6. The number of fused-ring (bicyclic) bond motifs is 3. The van der Waals surface area contributed by atoms with Gasteiger partial charge in [0.15, 0.2) is 0 Å². The van der Waals surface area contributed by atoms with E-state index in [-0.39, 0.29) is 18.0 Å². The molecule has 1 atom stereocenters. The third-order valence-electron chi connectivity index (χ3n) is 6.85. The van der Waals surface area contributed by atoms with Crippen LogP contribution in [0.2, 0.25) is 0 Å². The van der Waals surface area contributed by atoms with Crippen LogP contribution in [0.3, 0.4) is 0 Å². The van der Waals surface area contributed by atoms with Crippen LogP contribution < -0.4 is 0 Å². The number of benzene rings is 2. The standard InChI is InChI=1S/C25H25N3O2/c1-27-16-19-6-5-17(14-22(19)25(27)7-8-25)21-4-2-3-18-13-20(15-26-23(18)21)24(29)28-9-11-30-12-10-28/h2-6,13-15H,7-12,16H2,1H3/i16D. The van der Waals surface area contributed by atoms with Crippen LogP contribution in [0.25, 0.3) is 22.0 Å². The van der Waals surface area contributed by atoms with Gasteiger partial charge in [0.25, 0.3) is 5.91 Å². The van der Waals surface area contributed by atoms with E-state index in [2.05, 4.69) is 36.2 Å². The average molecular weight is 401 g/mol. The minimum absolute atomic E-state index is 0.0147. The van der Waals surface area contributed by atoms with Crippen molar-refractivity contribution in [2.75, 3.05) is 33.4 Å². The lowest BCUT2D eigenvalue weighted by atomic mass is 9.95. The molecule has 3 aromatic rings. The Morgan fingerprint density at radius 3 is 2.80 bits per heavy atom. The molecule has 1 amide bonds. The minimum Gasteiger partial charge on any atom is -0.378 e. The number of nitrogens with zero attached hydrogens (tertiary/aromatic N) is 3. The number of amides is 1. The number of carbonyl (C=O) groups excluding carboxylic acids is 1. The molecule has 6 rings (SSSR count). The molecular formula is C25H25N3O2. The molecule has 0 N–H and O–H groups in total. The summed E-state index contributed by atoms with van der Waals surface area (Å²) in [5.41, 5.74) is 6.18. The first-order valence-corrected chi connectivity index (χ1v) is 10.6. The Labute approximate surface area is 177 Å². The van der Waals surface area contributed by atoms with Crippen LogP contribution in [0.1, 0.15) is 35.7 Å². The number of rotatable bonds is 2. The van der Waals surface area contributed by atoms with Gasteiger partial charge in [-0.05, 0) is 48.7 Å². The molecule has 30 heavy (non-hydrogen) atoms. The van der Waals surface area contributed by atoms with Gasteiger partial charge in [0.2, 0.25) is 0 Å². The van der Waals surface area contributed by atoms with Gasteiger partial charge in [-0.15, -0.1) is 0 Å². The first-order chi connectivity index (χ1) is 15.1. The van der Waals surface area contributed by atoms with Gasteiger partial charge in [0.1, 0.15) is 0 Å². The molecule has 152 valence electrons. The second-order valence-corrected chi connectivity index (χ2v) is 8.58. The molecule has 1 saturated carbocycles. The number of carbonyl (C=O) groups is 1. The number of ether oxygens (including phenoxy) is 1. The number of hydrogen-bond acceptors (Lipinski definition) is 4. The molecule has 3 aliphatic rings. The summed E-state index contributed by atoms with van der Waals surface area (Å²) in [5.74, 6) is 0.0147. The number of pyridine rings is 1. The smallest absolute Gasteiger partial charge is 0.255 e. The lowest BCUT2D eigenvalue weighted by Gasteiger charge is -2.26. The Kier molecular flexibility index (Phi) is 3.75. The maximum absolute atomic E-state index is 12.9. The van der Waals surface area contributed by atoms with Gasteiger partial charge in [0.05, 0.1) is 24.3 Å². The van der Waals surface area contributed by atoms with E-state index in [1.807, 2.05) is 23.1 Å². The Balaban J connectivity index is 1.40. The zero-order valence-electron chi connectivity index (χ0n) is 18.1. The molecule has 0 radical (unpaired) electrons. The predicted molar refractivity (Wildman–Crippen MR) is 116 cm³/mol. The molecule has 0 bridgehead atoms. The van der Waals surface area contributed by atoms with Gasteiger partial charge in [0, 0.05) is 43.7 Å². The van der Waals surface area contributed by atoms with Crippen LogP contribution in [-0.2, 0) is 16.8 Å². The predicted octanol–water partition coefficient (Wildman–Crippen LogP) is 3.81. The summed E-state index contributed by atoms with van der Waals surface area (Å²) in [5, 5.41) is 0.966. The van der Waals surface area contributed by atoms with E-state index in [0.29, 0.717) is 31.9 Å². The molecule has 1 saturated heterocycles. The van der Waals surface area contributed by atoms with Crippen molar-refractivity contribution in [3.8, 4) is 11.1 Å². The van der Waals surface area contributed by atoms with E-state index in [1.165, 1.54) is 5.56 Å². The van der Waals surface area contributed by atoms with Crippen LogP contribution in [-0.4, -0.2) is 54.0 Å². The normalized spacial score (nSPS) is 22.9. The highest BCUT2D eigenvalue weighted by molar-refractivity contribution is 6.00. The van der Waals surface area contributed by atoms with Crippen molar-refractivity contribution in [1.29, 1.82) is 0 Å². The molecule has 5 heteroatoms. The lowest BCUT2D eigenvalue weighted by Crippen LogP contribution is -2.40. The second kappa shape index (κ2) is 6.62. The maximum Gasteiger partial charge on any atom is 0.255 e. The topological polar surface area (TPSA) is 45.7 Å². The first-order valence-electron chi connectivity index (χ1n) is 11.2. The highest BCUT2D eigenvalue weighted by Gasteiger charge is 2.52. The Bertz CT molecular complexity index is 1200. The van der Waals surface area contributed by atoms with Crippen LogP contribution in [0, 0.1) is 0 Å². The third-order valence-corrected chi connectivity index (χ3v) is 6.85. The van der Waals surface area contributed by atoms with Crippen LogP contribution in [0.4, 0.5) is 0 Å². The summed E-state index contributed by atoms with van der Waals surface area (Å²) in [7, 11) is 2.07. The summed E-state index contributed by atoms with van der Waals surface area (Å²) < 4.78 is 13.9. The fourth-order valence-electron chi connectivity index (χ4n) is 4.96. The van der Waals surface area contributed by atoms with Crippen LogP contribution in [0.15, 0.2) is 48.7 Å². The van der Waals surface area contributed by atoms with Crippen LogP contribution >= 0.6 is 0 Å². The van der Waals surface area contributed by atoms with Gasteiger partial charge in [-0.2, -0.15) is 0 Å². The first kappa shape index (κ1) is 17.0. The molecule has 1 aromatic heterocycles. The van der Waals surface area contributed by atoms with Gasteiger partial charge < -0.3 is 9.64 Å². The molecule has 5 nitrogen and oxygen atoms in total. The zero-order valence-corrected chi connectivity index (χ0v) is 17.1. The Morgan fingerprint density at radius 2 is 2.00 bits per heavy atom. The van der Waals surface area contributed by atoms with E-state index in [9.17, 15) is 4.79 Å². The van der Waals surface area contributed by atoms with Crippen molar-refractivity contribution in [3.05, 3.63) is 65.4 Å². The minimum atomic E-state index is -0.286. The monoisotopic (exact) mass is 400 g/mol. The summed E-state index contributed by atoms with van der Waals surface area (Å²) in [6.45, 7) is 2.14.